The molecule has 1 aromatic carbocycles. The molecule has 0 bridgehead atoms. The Balaban J connectivity index is 1.63. The fourth-order valence-electron chi connectivity index (χ4n) is 2.86. The van der Waals surface area contributed by atoms with E-state index in [1.807, 2.05) is 6.07 Å². The van der Waals surface area contributed by atoms with Crippen molar-refractivity contribution in [2.45, 2.75) is 26.3 Å². The van der Waals surface area contributed by atoms with Gasteiger partial charge < -0.3 is 5.32 Å². The molecule has 0 saturated heterocycles. The number of amides is 3. The standard InChI is InChI=1S/C18H16BrN5O3/c1-11-9-15(24(22-11)7-2-6-20)21-16(25)5-8-23-17(26)13-4-3-12(19)10-14(13)18(23)27/h3-4,9-10H,2,5,7-8H2,1H3,(H,21,25). The summed E-state index contributed by atoms with van der Waals surface area (Å²) in [7, 11) is 0. The highest BCUT2D eigenvalue weighted by molar-refractivity contribution is 9.10. The fourth-order valence-corrected chi connectivity index (χ4v) is 3.22. The molecule has 0 fully saturated rings. The summed E-state index contributed by atoms with van der Waals surface area (Å²) in [5, 5.41) is 15.6. The van der Waals surface area contributed by atoms with Gasteiger partial charge in [-0.3, -0.25) is 19.3 Å². The summed E-state index contributed by atoms with van der Waals surface area (Å²) in [6, 6.07) is 8.63. The molecule has 0 spiro atoms. The summed E-state index contributed by atoms with van der Waals surface area (Å²) in [4.78, 5) is 38.1. The summed E-state index contributed by atoms with van der Waals surface area (Å²) in [6.07, 6.45) is 0.240. The number of anilines is 1. The van der Waals surface area contributed by atoms with Crippen molar-refractivity contribution in [2.24, 2.45) is 0 Å². The smallest absolute Gasteiger partial charge is 0.261 e. The average molecular weight is 430 g/mol. The Hall–Kier alpha value is -2.99. The summed E-state index contributed by atoms with van der Waals surface area (Å²) in [5.41, 5.74) is 1.39. The summed E-state index contributed by atoms with van der Waals surface area (Å²) >= 11 is 3.28. The van der Waals surface area contributed by atoms with E-state index in [0.29, 0.717) is 33.7 Å². The van der Waals surface area contributed by atoms with Crippen LogP contribution in [0.1, 0.15) is 39.3 Å². The van der Waals surface area contributed by atoms with E-state index in [1.165, 1.54) is 0 Å². The zero-order valence-electron chi connectivity index (χ0n) is 14.5. The number of benzene rings is 1. The SMILES string of the molecule is Cc1cc(NC(=O)CCN2C(=O)c3ccc(Br)cc3C2=O)n(CCC#N)n1. The second-order valence-corrected chi connectivity index (χ2v) is 6.97. The van der Waals surface area contributed by atoms with Crippen LogP contribution in [0, 0.1) is 18.3 Å². The van der Waals surface area contributed by atoms with Crippen molar-refractivity contribution in [2.75, 3.05) is 11.9 Å². The Morgan fingerprint density at radius 2 is 1.96 bits per heavy atom. The van der Waals surface area contributed by atoms with Crippen molar-refractivity contribution >= 4 is 39.5 Å². The third-order valence-corrected chi connectivity index (χ3v) is 4.59. The van der Waals surface area contributed by atoms with E-state index in [0.717, 1.165) is 4.90 Å². The molecule has 1 aromatic heterocycles. The molecule has 1 N–H and O–H groups in total. The maximum absolute atomic E-state index is 12.4. The molecule has 0 saturated carbocycles. The molecule has 1 aliphatic heterocycles. The highest BCUT2D eigenvalue weighted by atomic mass is 79.9. The lowest BCUT2D eigenvalue weighted by molar-refractivity contribution is -0.116. The largest absolute Gasteiger partial charge is 0.311 e. The summed E-state index contributed by atoms with van der Waals surface area (Å²) < 4.78 is 2.26. The zero-order chi connectivity index (χ0) is 19.6. The second-order valence-electron chi connectivity index (χ2n) is 6.05. The van der Waals surface area contributed by atoms with Crippen LogP contribution in [-0.2, 0) is 11.3 Å². The number of halogens is 1. The van der Waals surface area contributed by atoms with Crippen molar-refractivity contribution in [1.82, 2.24) is 14.7 Å². The first kappa shape index (κ1) is 18.8. The first-order valence-electron chi connectivity index (χ1n) is 8.27. The lowest BCUT2D eigenvalue weighted by Crippen LogP contribution is -2.33. The Morgan fingerprint density at radius 1 is 1.22 bits per heavy atom. The topological polar surface area (TPSA) is 108 Å². The van der Waals surface area contributed by atoms with Crippen LogP contribution in [0.25, 0.3) is 0 Å². The van der Waals surface area contributed by atoms with Crippen LogP contribution in [0.15, 0.2) is 28.7 Å². The lowest BCUT2D eigenvalue weighted by Gasteiger charge is -2.13. The zero-order valence-corrected chi connectivity index (χ0v) is 16.1. The van der Waals surface area contributed by atoms with Gasteiger partial charge in [0.1, 0.15) is 5.82 Å². The van der Waals surface area contributed by atoms with Crippen LogP contribution < -0.4 is 5.32 Å². The maximum Gasteiger partial charge on any atom is 0.261 e. The predicted molar refractivity (Wildman–Crippen MR) is 99.9 cm³/mol. The lowest BCUT2D eigenvalue weighted by atomic mass is 10.1. The molecule has 0 atom stereocenters. The van der Waals surface area contributed by atoms with Crippen molar-refractivity contribution in [3.05, 3.63) is 45.6 Å². The van der Waals surface area contributed by atoms with Gasteiger partial charge in [0.05, 0.1) is 35.9 Å². The van der Waals surface area contributed by atoms with Gasteiger partial charge in [-0.15, -0.1) is 0 Å². The molecule has 0 radical (unpaired) electrons. The van der Waals surface area contributed by atoms with Crippen LogP contribution >= 0.6 is 15.9 Å². The minimum atomic E-state index is -0.404. The third kappa shape index (κ3) is 3.90. The van der Waals surface area contributed by atoms with Crippen molar-refractivity contribution in [3.63, 3.8) is 0 Å². The van der Waals surface area contributed by atoms with E-state index in [-0.39, 0.29) is 25.3 Å². The minimum absolute atomic E-state index is 0.0128. The van der Waals surface area contributed by atoms with E-state index >= 15 is 0 Å². The number of aryl methyl sites for hydroxylation is 2. The van der Waals surface area contributed by atoms with Gasteiger partial charge in [-0.05, 0) is 25.1 Å². The Kier molecular flexibility index (Phi) is 5.37. The molecular weight excluding hydrogens is 414 g/mol. The maximum atomic E-state index is 12.4. The van der Waals surface area contributed by atoms with Gasteiger partial charge in [0, 0.05) is 23.5 Å². The summed E-state index contributed by atoms with van der Waals surface area (Å²) in [6.45, 7) is 2.14. The average Bonchev–Trinajstić information content (AvgIpc) is 3.08. The Bertz CT molecular complexity index is 976. The summed E-state index contributed by atoms with van der Waals surface area (Å²) in [5.74, 6) is -0.658. The molecule has 2 heterocycles. The number of nitrogens with zero attached hydrogens (tertiary/aromatic N) is 4. The van der Waals surface area contributed by atoms with E-state index in [4.69, 9.17) is 5.26 Å². The van der Waals surface area contributed by atoms with Gasteiger partial charge in [-0.2, -0.15) is 10.4 Å². The number of fused-ring (bicyclic) bond motifs is 1. The molecule has 27 heavy (non-hydrogen) atoms. The first-order valence-corrected chi connectivity index (χ1v) is 9.07. The van der Waals surface area contributed by atoms with Crippen LogP contribution in [-0.4, -0.2) is 38.9 Å². The predicted octanol–water partition coefficient (Wildman–Crippen LogP) is 2.49. The monoisotopic (exact) mass is 429 g/mol. The van der Waals surface area contributed by atoms with E-state index in [9.17, 15) is 14.4 Å². The molecule has 138 valence electrons. The number of nitrogens with one attached hydrogen (secondary N) is 1. The number of aromatic nitrogens is 2. The van der Waals surface area contributed by atoms with Crippen LogP contribution in [0.5, 0.6) is 0 Å². The molecule has 3 rings (SSSR count). The van der Waals surface area contributed by atoms with Crippen LogP contribution in [0.3, 0.4) is 0 Å². The highest BCUT2D eigenvalue weighted by Crippen LogP contribution is 2.26. The number of carbonyl (C=O) groups excluding carboxylic acids is 3. The highest BCUT2D eigenvalue weighted by Gasteiger charge is 2.35. The molecule has 9 heteroatoms. The van der Waals surface area contributed by atoms with E-state index in [2.05, 4.69) is 26.3 Å². The Labute approximate surface area is 163 Å². The quantitative estimate of drug-likeness (QED) is 0.709. The van der Waals surface area contributed by atoms with Gasteiger partial charge in [0.25, 0.3) is 11.8 Å². The number of hydrogen-bond donors (Lipinski definition) is 1. The normalized spacial score (nSPS) is 12.9. The number of rotatable bonds is 6. The number of hydrogen-bond acceptors (Lipinski definition) is 5. The molecule has 1 aliphatic rings. The molecule has 8 nitrogen and oxygen atoms in total. The molecule has 3 amide bonds. The number of nitriles is 1. The fraction of sp³-hybridized carbons (Fsp3) is 0.278. The van der Waals surface area contributed by atoms with Crippen molar-refractivity contribution in [3.8, 4) is 6.07 Å². The van der Waals surface area contributed by atoms with Crippen LogP contribution in [0.2, 0.25) is 0 Å². The molecular formula is C18H16BrN5O3. The van der Waals surface area contributed by atoms with Gasteiger partial charge >= 0.3 is 0 Å². The van der Waals surface area contributed by atoms with Gasteiger partial charge in [-0.25, -0.2) is 4.68 Å². The van der Waals surface area contributed by atoms with E-state index < -0.39 is 11.8 Å². The third-order valence-electron chi connectivity index (χ3n) is 4.10. The molecule has 0 unspecified atom stereocenters. The van der Waals surface area contributed by atoms with Crippen molar-refractivity contribution < 1.29 is 14.4 Å². The number of imide groups is 1. The van der Waals surface area contributed by atoms with Gasteiger partial charge in [0.15, 0.2) is 0 Å². The Morgan fingerprint density at radius 3 is 2.70 bits per heavy atom. The first-order chi connectivity index (χ1) is 12.9. The van der Waals surface area contributed by atoms with Gasteiger partial charge in [0.2, 0.25) is 5.91 Å². The second kappa shape index (κ2) is 7.72. The van der Waals surface area contributed by atoms with Crippen LogP contribution in [0.4, 0.5) is 5.82 Å². The number of carbonyl (C=O) groups is 3. The van der Waals surface area contributed by atoms with E-state index in [1.54, 1.807) is 35.9 Å². The van der Waals surface area contributed by atoms with Crippen molar-refractivity contribution in [1.29, 1.82) is 5.26 Å². The molecule has 0 aliphatic carbocycles. The molecule has 2 aromatic rings. The minimum Gasteiger partial charge on any atom is -0.311 e. The van der Waals surface area contributed by atoms with Gasteiger partial charge in [-0.1, -0.05) is 15.9 Å².